The number of carbonyl (C=O) groups excluding carboxylic acids is 1. The van der Waals surface area contributed by atoms with Crippen molar-refractivity contribution >= 4 is 22.4 Å². The van der Waals surface area contributed by atoms with Crippen molar-refractivity contribution in [2.24, 2.45) is 0 Å². The van der Waals surface area contributed by atoms with Crippen molar-refractivity contribution in [1.29, 1.82) is 0 Å². The van der Waals surface area contributed by atoms with Gasteiger partial charge >= 0.3 is 0 Å². The van der Waals surface area contributed by atoms with Crippen LogP contribution in [0.25, 0.3) is 0 Å². The van der Waals surface area contributed by atoms with Crippen LogP contribution in [0.1, 0.15) is 42.6 Å². The second-order valence-electron chi connectivity index (χ2n) is 4.16. The lowest BCUT2D eigenvalue weighted by Crippen LogP contribution is -2.42. The second-order valence-corrected chi connectivity index (χ2v) is 5.19. The number of aromatic nitrogens is 1. The summed E-state index contributed by atoms with van der Waals surface area (Å²) in [6.45, 7) is 7.81. The second kappa shape index (κ2) is 4.18. The molecule has 0 aliphatic carbocycles. The Hall–Kier alpha value is -1.10. The zero-order chi connectivity index (χ0) is 11.6. The van der Waals surface area contributed by atoms with Gasteiger partial charge in [0.25, 0.3) is 5.91 Å². The van der Waals surface area contributed by atoms with E-state index in [-0.39, 0.29) is 11.4 Å². The van der Waals surface area contributed by atoms with Crippen LogP contribution in [0, 0.1) is 6.92 Å². The Morgan fingerprint density at radius 1 is 1.60 bits per heavy atom. The summed E-state index contributed by atoms with van der Waals surface area (Å²) in [7, 11) is 0. The van der Waals surface area contributed by atoms with Crippen LogP contribution in [0.2, 0.25) is 0 Å². The Labute approximate surface area is 93.9 Å². The van der Waals surface area contributed by atoms with Crippen LogP contribution in [-0.4, -0.2) is 16.4 Å². The number of aryl methyl sites for hydroxylation is 1. The first-order valence-electron chi connectivity index (χ1n) is 4.91. The maximum Gasteiger partial charge on any atom is 0.263 e. The van der Waals surface area contributed by atoms with E-state index >= 15 is 0 Å². The van der Waals surface area contributed by atoms with E-state index < -0.39 is 0 Å². The van der Waals surface area contributed by atoms with Crippen molar-refractivity contribution in [3.8, 4) is 0 Å². The summed E-state index contributed by atoms with van der Waals surface area (Å²) in [6.07, 6.45) is 0.881. The number of hydrogen-bond acceptors (Lipinski definition) is 4. The summed E-state index contributed by atoms with van der Waals surface area (Å²) < 4.78 is 0. The van der Waals surface area contributed by atoms with Gasteiger partial charge in [-0.15, -0.1) is 0 Å². The molecule has 0 spiro atoms. The number of rotatable bonds is 3. The lowest BCUT2D eigenvalue weighted by molar-refractivity contribution is 0.0914. The Balaban J connectivity index is 2.82. The maximum atomic E-state index is 11.9. The molecule has 0 aromatic carbocycles. The number of nitrogen functional groups attached to an aromatic ring is 1. The third-order valence-electron chi connectivity index (χ3n) is 2.36. The number of carbonyl (C=O) groups is 1. The van der Waals surface area contributed by atoms with Gasteiger partial charge in [-0.2, -0.15) is 0 Å². The molecule has 0 saturated carbocycles. The molecule has 4 nitrogen and oxygen atoms in total. The van der Waals surface area contributed by atoms with Crippen LogP contribution in [0.4, 0.5) is 5.13 Å². The van der Waals surface area contributed by atoms with Crippen LogP contribution >= 0.6 is 11.3 Å². The molecule has 1 heterocycles. The standard InChI is InChI=1S/C10H17N3OS/c1-5-10(3,4)13-8(14)7-6(2)12-9(11)15-7/h5H2,1-4H3,(H2,11,12)(H,13,14). The van der Waals surface area contributed by atoms with E-state index in [1.165, 1.54) is 11.3 Å². The van der Waals surface area contributed by atoms with E-state index in [1.807, 2.05) is 20.8 Å². The largest absolute Gasteiger partial charge is 0.375 e. The normalized spacial score (nSPS) is 11.5. The Morgan fingerprint density at radius 2 is 2.20 bits per heavy atom. The van der Waals surface area contributed by atoms with Crippen molar-refractivity contribution in [3.63, 3.8) is 0 Å². The predicted molar refractivity (Wildman–Crippen MR) is 63.1 cm³/mol. The molecule has 0 radical (unpaired) electrons. The fourth-order valence-electron chi connectivity index (χ4n) is 1.08. The zero-order valence-corrected chi connectivity index (χ0v) is 10.4. The summed E-state index contributed by atoms with van der Waals surface area (Å²) in [5.41, 5.74) is 6.04. The molecule has 0 fully saturated rings. The molecule has 0 atom stereocenters. The number of anilines is 1. The fourth-order valence-corrected chi connectivity index (χ4v) is 1.81. The number of thiazole rings is 1. The van der Waals surface area contributed by atoms with Crippen molar-refractivity contribution in [2.75, 3.05) is 5.73 Å². The molecule has 3 N–H and O–H groups in total. The predicted octanol–water partition coefficient (Wildman–Crippen LogP) is 1.95. The first-order chi connectivity index (χ1) is 6.85. The Morgan fingerprint density at radius 3 is 2.60 bits per heavy atom. The molecule has 84 valence electrons. The quantitative estimate of drug-likeness (QED) is 0.829. The van der Waals surface area contributed by atoms with Crippen molar-refractivity contribution in [3.05, 3.63) is 10.6 Å². The molecule has 0 aliphatic rings. The van der Waals surface area contributed by atoms with Gasteiger partial charge in [0.05, 0.1) is 5.69 Å². The number of nitrogens with zero attached hydrogens (tertiary/aromatic N) is 1. The summed E-state index contributed by atoms with van der Waals surface area (Å²) in [5, 5.41) is 3.39. The van der Waals surface area contributed by atoms with Crippen molar-refractivity contribution in [2.45, 2.75) is 39.7 Å². The maximum absolute atomic E-state index is 11.9. The van der Waals surface area contributed by atoms with Gasteiger partial charge in [-0.1, -0.05) is 18.3 Å². The van der Waals surface area contributed by atoms with Gasteiger partial charge in [-0.25, -0.2) is 4.98 Å². The van der Waals surface area contributed by atoms with E-state index in [1.54, 1.807) is 6.92 Å². The molecule has 1 aromatic heterocycles. The summed E-state index contributed by atoms with van der Waals surface area (Å²) in [4.78, 5) is 16.5. The van der Waals surface area contributed by atoms with Crippen LogP contribution in [0.5, 0.6) is 0 Å². The molecule has 15 heavy (non-hydrogen) atoms. The van der Waals surface area contributed by atoms with Crippen LogP contribution in [-0.2, 0) is 0 Å². The Kier molecular flexibility index (Phi) is 3.34. The minimum absolute atomic E-state index is 0.0893. The third kappa shape index (κ3) is 2.92. The minimum Gasteiger partial charge on any atom is -0.375 e. The monoisotopic (exact) mass is 227 g/mol. The summed E-state index contributed by atoms with van der Waals surface area (Å²) >= 11 is 1.23. The highest BCUT2D eigenvalue weighted by Crippen LogP contribution is 2.20. The SMILES string of the molecule is CCC(C)(C)NC(=O)c1sc(N)nc1C. The molecule has 0 unspecified atom stereocenters. The minimum atomic E-state index is -0.192. The number of hydrogen-bond donors (Lipinski definition) is 2. The molecular formula is C10H17N3OS. The van der Waals surface area contributed by atoms with Crippen LogP contribution in [0.15, 0.2) is 0 Å². The van der Waals surface area contributed by atoms with E-state index in [0.717, 1.165) is 6.42 Å². The highest BCUT2D eigenvalue weighted by Gasteiger charge is 2.21. The number of amides is 1. The molecule has 1 aromatic rings. The average molecular weight is 227 g/mol. The van der Waals surface area contributed by atoms with Crippen LogP contribution in [0.3, 0.4) is 0 Å². The smallest absolute Gasteiger partial charge is 0.263 e. The van der Waals surface area contributed by atoms with E-state index in [4.69, 9.17) is 5.73 Å². The van der Waals surface area contributed by atoms with Crippen LogP contribution < -0.4 is 11.1 Å². The molecule has 0 bridgehead atoms. The first kappa shape index (κ1) is 12.0. The van der Waals surface area contributed by atoms with Gasteiger partial charge in [0.1, 0.15) is 4.88 Å². The fraction of sp³-hybridized carbons (Fsp3) is 0.600. The van der Waals surface area contributed by atoms with Gasteiger partial charge in [0.2, 0.25) is 0 Å². The zero-order valence-electron chi connectivity index (χ0n) is 9.55. The van der Waals surface area contributed by atoms with Crippen molar-refractivity contribution < 1.29 is 4.79 Å². The molecule has 0 aliphatic heterocycles. The topological polar surface area (TPSA) is 68.0 Å². The lowest BCUT2D eigenvalue weighted by atomic mass is 10.0. The lowest BCUT2D eigenvalue weighted by Gasteiger charge is -2.24. The third-order valence-corrected chi connectivity index (χ3v) is 3.34. The number of nitrogens with two attached hydrogens (primary N) is 1. The van der Waals surface area contributed by atoms with Gasteiger partial charge in [0.15, 0.2) is 5.13 Å². The Bertz CT molecular complexity index is 371. The van der Waals surface area contributed by atoms with E-state index in [0.29, 0.717) is 15.7 Å². The van der Waals surface area contributed by atoms with Crippen molar-refractivity contribution in [1.82, 2.24) is 10.3 Å². The van der Waals surface area contributed by atoms with E-state index in [9.17, 15) is 4.79 Å². The van der Waals surface area contributed by atoms with Gasteiger partial charge < -0.3 is 11.1 Å². The summed E-state index contributed by atoms with van der Waals surface area (Å²) in [6, 6.07) is 0. The van der Waals surface area contributed by atoms with Gasteiger partial charge in [0, 0.05) is 5.54 Å². The molecule has 1 rings (SSSR count). The molecular weight excluding hydrogens is 210 g/mol. The van der Waals surface area contributed by atoms with Gasteiger partial charge in [-0.05, 0) is 27.2 Å². The first-order valence-corrected chi connectivity index (χ1v) is 5.73. The summed E-state index contributed by atoms with van der Waals surface area (Å²) in [5.74, 6) is -0.0893. The highest BCUT2D eigenvalue weighted by molar-refractivity contribution is 7.17. The molecule has 0 saturated heterocycles. The highest BCUT2D eigenvalue weighted by atomic mass is 32.1. The average Bonchev–Trinajstić information content (AvgIpc) is 2.45. The van der Waals surface area contributed by atoms with E-state index in [2.05, 4.69) is 10.3 Å². The number of nitrogens with one attached hydrogen (secondary N) is 1. The molecule has 5 heteroatoms. The van der Waals surface area contributed by atoms with Gasteiger partial charge in [-0.3, -0.25) is 4.79 Å². The molecule has 1 amide bonds.